The summed E-state index contributed by atoms with van der Waals surface area (Å²) in [6.07, 6.45) is 4.02. The van der Waals surface area contributed by atoms with Gasteiger partial charge in [0.15, 0.2) is 0 Å². The minimum atomic E-state index is -0.235. The van der Waals surface area contributed by atoms with Gasteiger partial charge in [-0.05, 0) is 48.6 Å². The molecule has 0 aliphatic heterocycles. The zero-order valence-electron chi connectivity index (χ0n) is 14.1. The first-order valence-corrected chi connectivity index (χ1v) is 8.92. The summed E-state index contributed by atoms with van der Waals surface area (Å²) in [5, 5.41) is 10.4. The lowest BCUT2D eigenvalue weighted by Gasteiger charge is -2.34. The van der Waals surface area contributed by atoms with E-state index in [2.05, 4.69) is 24.3 Å². The quantitative estimate of drug-likeness (QED) is 0.848. The van der Waals surface area contributed by atoms with Gasteiger partial charge in [0.1, 0.15) is 12.4 Å². The largest absolute Gasteiger partial charge is 0.489 e. The lowest BCUT2D eigenvalue weighted by molar-refractivity contribution is 0.0560. The van der Waals surface area contributed by atoms with E-state index in [1.807, 2.05) is 30.3 Å². The fraction of sp³-hybridized carbons (Fsp3) is 0.429. The van der Waals surface area contributed by atoms with Crippen LogP contribution in [0.15, 0.2) is 54.6 Å². The topological polar surface area (TPSA) is 55.5 Å². The van der Waals surface area contributed by atoms with Crippen molar-refractivity contribution in [3.05, 3.63) is 65.7 Å². The van der Waals surface area contributed by atoms with Crippen LogP contribution in [0.4, 0.5) is 0 Å². The highest BCUT2D eigenvalue weighted by Gasteiger charge is 2.30. The summed E-state index contributed by atoms with van der Waals surface area (Å²) in [6, 6.07) is 18.4. The monoisotopic (exact) mass is 325 g/mol. The second-order valence-corrected chi connectivity index (χ2v) is 6.70. The van der Waals surface area contributed by atoms with Crippen molar-refractivity contribution in [2.24, 2.45) is 11.7 Å². The first kappa shape index (κ1) is 17.0. The summed E-state index contributed by atoms with van der Waals surface area (Å²) in [5.74, 6) is 1.31. The van der Waals surface area contributed by atoms with Crippen molar-refractivity contribution in [2.75, 3.05) is 6.54 Å². The lowest BCUT2D eigenvalue weighted by atomic mass is 9.75. The van der Waals surface area contributed by atoms with E-state index in [9.17, 15) is 5.11 Å². The van der Waals surface area contributed by atoms with Gasteiger partial charge in [0.25, 0.3) is 0 Å². The number of hydrogen-bond acceptors (Lipinski definition) is 3. The molecule has 0 amide bonds. The van der Waals surface area contributed by atoms with E-state index in [-0.39, 0.29) is 17.9 Å². The van der Waals surface area contributed by atoms with Crippen molar-refractivity contribution in [1.29, 1.82) is 0 Å². The van der Waals surface area contributed by atoms with E-state index in [0.717, 1.165) is 30.6 Å². The number of hydrogen-bond donors (Lipinski definition) is 2. The molecule has 1 fully saturated rings. The van der Waals surface area contributed by atoms with Crippen molar-refractivity contribution in [3.63, 3.8) is 0 Å². The second-order valence-electron chi connectivity index (χ2n) is 6.70. The van der Waals surface area contributed by atoms with Crippen LogP contribution in [0.2, 0.25) is 0 Å². The Morgan fingerprint density at radius 3 is 2.58 bits per heavy atom. The Bertz CT molecular complexity index is 629. The molecule has 0 spiro atoms. The summed E-state index contributed by atoms with van der Waals surface area (Å²) >= 11 is 0. The molecule has 3 atom stereocenters. The van der Waals surface area contributed by atoms with Crippen LogP contribution in [0.5, 0.6) is 5.75 Å². The summed E-state index contributed by atoms with van der Waals surface area (Å²) in [4.78, 5) is 0. The van der Waals surface area contributed by atoms with E-state index in [4.69, 9.17) is 10.5 Å². The zero-order chi connectivity index (χ0) is 16.8. The molecule has 3 heteroatoms. The second kappa shape index (κ2) is 8.32. The molecule has 3 nitrogen and oxygen atoms in total. The Hall–Kier alpha value is -1.84. The molecule has 3 N–H and O–H groups in total. The van der Waals surface area contributed by atoms with Gasteiger partial charge >= 0.3 is 0 Å². The fourth-order valence-electron chi connectivity index (χ4n) is 3.74. The average molecular weight is 325 g/mol. The predicted molar refractivity (Wildman–Crippen MR) is 97.0 cm³/mol. The van der Waals surface area contributed by atoms with Crippen LogP contribution in [0.3, 0.4) is 0 Å². The lowest BCUT2D eigenvalue weighted by Crippen LogP contribution is -2.33. The molecule has 24 heavy (non-hydrogen) atoms. The maximum Gasteiger partial charge on any atom is 0.120 e. The molecule has 0 saturated heterocycles. The van der Waals surface area contributed by atoms with Crippen molar-refractivity contribution in [1.82, 2.24) is 0 Å². The van der Waals surface area contributed by atoms with Crippen molar-refractivity contribution >= 4 is 0 Å². The van der Waals surface area contributed by atoms with Gasteiger partial charge in [0.2, 0.25) is 0 Å². The van der Waals surface area contributed by atoms with Crippen LogP contribution < -0.4 is 10.5 Å². The van der Waals surface area contributed by atoms with Crippen LogP contribution in [0, 0.1) is 5.92 Å². The van der Waals surface area contributed by atoms with E-state index < -0.39 is 0 Å². The van der Waals surface area contributed by atoms with Gasteiger partial charge in [-0.2, -0.15) is 0 Å². The third-order valence-electron chi connectivity index (χ3n) is 5.09. The normalized spacial score (nSPS) is 22.1. The highest BCUT2D eigenvalue weighted by atomic mass is 16.5. The number of rotatable bonds is 6. The Labute approximate surface area is 144 Å². The molecule has 1 saturated carbocycles. The van der Waals surface area contributed by atoms with Gasteiger partial charge in [-0.1, -0.05) is 55.3 Å². The number of nitrogens with two attached hydrogens (primary N) is 1. The first-order valence-electron chi connectivity index (χ1n) is 8.92. The van der Waals surface area contributed by atoms with Crippen LogP contribution in [0.25, 0.3) is 0 Å². The van der Waals surface area contributed by atoms with Gasteiger partial charge in [-0.3, -0.25) is 0 Å². The van der Waals surface area contributed by atoms with Gasteiger partial charge in [0, 0.05) is 5.92 Å². The molecular formula is C21H27NO2. The Morgan fingerprint density at radius 1 is 1.04 bits per heavy atom. The minimum Gasteiger partial charge on any atom is -0.489 e. The van der Waals surface area contributed by atoms with Crippen LogP contribution in [0.1, 0.15) is 42.7 Å². The van der Waals surface area contributed by atoms with Crippen LogP contribution in [-0.2, 0) is 6.61 Å². The molecule has 128 valence electrons. The SMILES string of the molecule is NC[C@@H](c1cccc(OCc2ccccc2)c1)C1CCCC[C@@H]1O. The van der Waals surface area contributed by atoms with Crippen LogP contribution in [-0.4, -0.2) is 17.8 Å². The van der Waals surface area contributed by atoms with Crippen molar-refractivity contribution < 1.29 is 9.84 Å². The number of aliphatic hydroxyl groups excluding tert-OH is 1. The summed E-state index contributed by atoms with van der Waals surface area (Å²) in [5.41, 5.74) is 8.39. The van der Waals surface area contributed by atoms with Gasteiger partial charge in [0.05, 0.1) is 6.10 Å². The van der Waals surface area contributed by atoms with Crippen molar-refractivity contribution in [2.45, 2.75) is 44.3 Å². The molecule has 1 aliphatic carbocycles. The molecule has 2 aromatic rings. The number of ether oxygens (including phenoxy) is 1. The number of benzene rings is 2. The molecule has 0 aromatic heterocycles. The molecule has 1 unspecified atom stereocenters. The van der Waals surface area contributed by atoms with E-state index >= 15 is 0 Å². The Kier molecular flexibility index (Phi) is 5.89. The molecule has 3 rings (SSSR count). The highest BCUT2D eigenvalue weighted by Crippen LogP contribution is 2.36. The van der Waals surface area contributed by atoms with Gasteiger partial charge in [-0.15, -0.1) is 0 Å². The predicted octanol–water partition coefficient (Wildman–Crippen LogP) is 3.86. The van der Waals surface area contributed by atoms with E-state index in [1.54, 1.807) is 0 Å². The highest BCUT2D eigenvalue weighted by molar-refractivity contribution is 5.32. The van der Waals surface area contributed by atoms with Crippen molar-refractivity contribution in [3.8, 4) is 5.75 Å². The smallest absolute Gasteiger partial charge is 0.120 e. The van der Waals surface area contributed by atoms with E-state index in [0.29, 0.717) is 13.2 Å². The molecule has 0 heterocycles. The molecule has 1 aliphatic rings. The Balaban J connectivity index is 1.71. The summed E-state index contributed by atoms with van der Waals surface area (Å²) in [6.45, 7) is 1.12. The molecule has 2 aromatic carbocycles. The molecular weight excluding hydrogens is 298 g/mol. The number of aliphatic hydroxyl groups is 1. The van der Waals surface area contributed by atoms with Gasteiger partial charge < -0.3 is 15.6 Å². The van der Waals surface area contributed by atoms with E-state index in [1.165, 1.54) is 12.0 Å². The summed E-state index contributed by atoms with van der Waals surface area (Å²) < 4.78 is 5.94. The maximum atomic E-state index is 10.4. The Morgan fingerprint density at radius 2 is 1.83 bits per heavy atom. The molecule has 0 radical (unpaired) electrons. The summed E-state index contributed by atoms with van der Waals surface area (Å²) in [7, 11) is 0. The fourth-order valence-corrected chi connectivity index (χ4v) is 3.74. The standard InChI is InChI=1S/C21H27NO2/c22-14-20(19-11-4-5-12-21(19)23)17-9-6-10-18(13-17)24-15-16-7-2-1-3-8-16/h1-3,6-10,13,19-21,23H,4-5,11-12,14-15,22H2/t19?,20-,21-/m0/s1. The van der Waals surface area contributed by atoms with Gasteiger partial charge in [-0.25, -0.2) is 0 Å². The average Bonchev–Trinajstić information content (AvgIpc) is 2.63. The third kappa shape index (κ3) is 4.16. The third-order valence-corrected chi connectivity index (χ3v) is 5.09. The first-order chi connectivity index (χ1) is 11.8. The zero-order valence-corrected chi connectivity index (χ0v) is 14.1. The molecule has 0 bridgehead atoms. The maximum absolute atomic E-state index is 10.4. The minimum absolute atomic E-state index is 0.195. The van der Waals surface area contributed by atoms with Crippen LogP contribution >= 0.6 is 0 Å².